The minimum atomic E-state index is -1.15. The van der Waals surface area contributed by atoms with E-state index in [0.29, 0.717) is 17.1 Å². The normalized spacial score (nSPS) is 12.2. The molecule has 0 radical (unpaired) electrons. The van der Waals surface area contributed by atoms with Crippen LogP contribution >= 0.6 is 23.2 Å². The van der Waals surface area contributed by atoms with E-state index in [0.717, 1.165) is 17.7 Å². The standard InChI is InChI=1S/C13H17Cl2NO3/c1-2-3-4-10(17)8-16(13(18)19)12-6-5-9(14)7-11(12)15/h5-7,10,17H,2-4,8H2,1H3,(H,18,19). The molecule has 106 valence electrons. The third kappa shape index (κ3) is 4.90. The Bertz CT molecular complexity index is 440. The molecule has 2 N–H and O–H groups in total. The highest BCUT2D eigenvalue weighted by molar-refractivity contribution is 6.36. The molecule has 0 bridgehead atoms. The number of benzene rings is 1. The van der Waals surface area contributed by atoms with E-state index in [4.69, 9.17) is 23.2 Å². The van der Waals surface area contributed by atoms with Crippen LogP contribution in [0.2, 0.25) is 10.0 Å². The fraction of sp³-hybridized carbons (Fsp3) is 0.462. The number of carbonyl (C=O) groups is 1. The number of aliphatic hydroxyl groups excluding tert-OH is 1. The Morgan fingerprint density at radius 3 is 2.63 bits per heavy atom. The van der Waals surface area contributed by atoms with Crippen LogP contribution in [0.5, 0.6) is 0 Å². The van der Waals surface area contributed by atoms with Crippen molar-refractivity contribution in [1.29, 1.82) is 0 Å². The van der Waals surface area contributed by atoms with Crippen molar-refractivity contribution in [3.63, 3.8) is 0 Å². The van der Waals surface area contributed by atoms with Gasteiger partial charge >= 0.3 is 6.09 Å². The molecule has 1 aromatic rings. The number of halogens is 2. The smallest absolute Gasteiger partial charge is 0.411 e. The zero-order valence-corrected chi connectivity index (χ0v) is 12.2. The number of anilines is 1. The lowest BCUT2D eigenvalue weighted by Crippen LogP contribution is -2.36. The van der Waals surface area contributed by atoms with Crippen molar-refractivity contribution in [2.24, 2.45) is 0 Å². The van der Waals surface area contributed by atoms with Crippen molar-refractivity contribution in [3.05, 3.63) is 28.2 Å². The molecule has 1 aromatic carbocycles. The molecule has 0 fully saturated rings. The lowest BCUT2D eigenvalue weighted by molar-refractivity contribution is 0.158. The molecule has 1 unspecified atom stereocenters. The van der Waals surface area contributed by atoms with Gasteiger partial charge in [-0.05, 0) is 24.6 Å². The van der Waals surface area contributed by atoms with Gasteiger partial charge in [-0.3, -0.25) is 4.90 Å². The molecule has 0 aromatic heterocycles. The van der Waals surface area contributed by atoms with Crippen LogP contribution in [0.25, 0.3) is 0 Å². The van der Waals surface area contributed by atoms with Gasteiger partial charge in [-0.15, -0.1) is 0 Å². The van der Waals surface area contributed by atoms with Crippen molar-refractivity contribution in [1.82, 2.24) is 0 Å². The van der Waals surface area contributed by atoms with E-state index >= 15 is 0 Å². The molecule has 0 aliphatic heterocycles. The SMILES string of the molecule is CCCCC(O)CN(C(=O)O)c1ccc(Cl)cc1Cl. The molecular formula is C13H17Cl2NO3. The van der Waals surface area contributed by atoms with E-state index in [1.54, 1.807) is 6.07 Å². The summed E-state index contributed by atoms with van der Waals surface area (Å²) >= 11 is 11.8. The highest BCUT2D eigenvalue weighted by Gasteiger charge is 2.20. The van der Waals surface area contributed by atoms with Gasteiger partial charge in [0.1, 0.15) is 0 Å². The van der Waals surface area contributed by atoms with E-state index in [9.17, 15) is 15.0 Å². The Kier molecular flexibility index (Phi) is 6.42. The topological polar surface area (TPSA) is 60.8 Å². The second-order valence-electron chi connectivity index (χ2n) is 4.28. The number of aliphatic hydroxyl groups is 1. The molecule has 0 aliphatic rings. The minimum Gasteiger partial charge on any atom is -0.465 e. The molecule has 0 saturated heterocycles. The predicted octanol–water partition coefficient (Wildman–Crippen LogP) is 4.03. The molecule has 0 aliphatic carbocycles. The first-order chi connectivity index (χ1) is 8.95. The number of rotatable bonds is 6. The van der Waals surface area contributed by atoms with Crippen molar-refractivity contribution >= 4 is 35.0 Å². The Balaban J connectivity index is 2.85. The number of carboxylic acid groups (broad SMARTS) is 1. The summed E-state index contributed by atoms with van der Waals surface area (Å²) in [5, 5.41) is 19.7. The Morgan fingerprint density at radius 2 is 2.11 bits per heavy atom. The molecule has 1 atom stereocenters. The van der Waals surface area contributed by atoms with Crippen LogP contribution in [0.15, 0.2) is 18.2 Å². The van der Waals surface area contributed by atoms with Crippen LogP contribution in [0.3, 0.4) is 0 Å². The molecule has 1 rings (SSSR count). The predicted molar refractivity (Wildman–Crippen MR) is 77.4 cm³/mol. The molecule has 0 saturated carbocycles. The van der Waals surface area contributed by atoms with Gasteiger partial charge in [0.2, 0.25) is 0 Å². The third-order valence-corrected chi connectivity index (χ3v) is 3.25. The van der Waals surface area contributed by atoms with Gasteiger partial charge in [-0.1, -0.05) is 43.0 Å². The lowest BCUT2D eigenvalue weighted by Gasteiger charge is -2.23. The molecule has 0 heterocycles. The number of hydrogen-bond donors (Lipinski definition) is 2. The molecule has 0 spiro atoms. The van der Waals surface area contributed by atoms with Crippen molar-refractivity contribution in [2.45, 2.75) is 32.3 Å². The zero-order valence-electron chi connectivity index (χ0n) is 10.6. The van der Waals surface area contributed by atoms with Crippen LogP contribution in [0, 0.1) is 0 Å². The quantitative estimate of drug-likeness (QED) is 0.834. The summed E-state index contributed by atoms with van der Waals surface area (Å²) in [4.78, 5) is 12.3. The Morgan fingerprint density at radius 1 is 1.42 bits per heavy atom. The second kappa shape index (κ2) is 7.58. The fourth-order valence-corrected chi connectivity index (χ4v) is 2.23. The minimum absolute atomic E-state index is 0.00329. The summed E-state index contributed by atoms with van der Waals surface area (Å²) < 4.78 is 0. The highest BCUT2D eigenvalue weighted by atomic mass is 35.5. The Hall–Kier alpha value is -0.970. The number of unbranched alkanes of at least 4 members (excludes halogenated alkanes) is 1. The van der Waals surface area contributed by atoms with Crippen LogP contribution < -0.4 is 4.90 Å². The Labute approximate surface area is 122 Å². The van der Waals surface area contributed by atoms with Crippen LogP contribution in [0.1, 0.15) is 26.2 Å². The summed E-state index contributed by atoms with van der Waals surface area (Å²) in [5.41, 5.74) is 0.328. The molecule has 1 amide bonds. The summed E-state index contributed by atoms with van der Waals surface area (Å²) in [6, 6.07) is 4.58. The first-order valence-electron chi connectivity index (χ1n) is 6.09. The maximum absolute atomic E-state index is 11.3. The van der Waals surface area contributed by atoms with Crippen LogP contribution in [-0.4, -0.2) is 29.0 Å². The molecule has 4 nitrogen and oxygen atoms in total. The van der Waals surface area contributed by atoms with E-state index in [2.05, 4.69) is 0 Å². The maximum atomic E-state index is 11.3. The average molecular weight is 306 g/mol. The van der Waals surface area contributed by atoms with Crippen molar-refractivity contribution < 1.29 is 15.0 Å². The number of amides is 1. The van der Waals surface area contributed by atoms with Gasteiger partial charge in [0.15, 0.2) is 0 Å². The van der Waals surface area contributed by atoms with Gasteiger partial charge in [-0.25, -0.2) is 4.79 Å². The van der Waals surface area contributed by atoms with E-state index in [1.165, 1.54) is 12.1 Å². The van der Waals surface area contributed by atoms with Gasteiger partial charge < -0.3 is 10.2 Å². The van der Waals surface area contributed by atoms with Crippen LogP contribution in [-0.2, 0) is 0 Å². The largest absolute Gasteiger partial charge is 0.465 e. The maximum Gasteiger partial charge on any atom is 0.411 e. The highest BCUT2D eigenvalue weighted by Crippen LogP contribution is 2.29. The number of nitrogens with zero attached hydrogens (tertiary/aromatic N) is 1. The first kappa shape index (κ1) is 16.1. The summed E-state index contributed by atoms with van der Waals surface area (Å²) in [7, 11) is 0. The van der Waals surface area contributed by atoms with Gasteiger partial charge in [0.25, 0.3) is 0 Å². The van der Waals surface area contributed by atoms with Gasteiger partial charge in [-0.2, -0.15) is 0 Å². The van der Waals surface area contributed by atoms with Crippen LogP contribution in [0.4, 0.5) is 10.5 Å². The average Bonchev–Trinajstić information content (AvgIpc) is 2.34. The zero-order chi connectivity index (χ0) is 14.4. The fourth-order valence-electron chi connectivity index (χ4n) is 1.72. The van der Waals surface area contributed by atoms with Crippen molar-refractivity contribution in [2.75, 3.05) is 11.4 Å². The summed E-state index contributed by atoms with van der Waals surface area (Å²) in [6.07, 6.45) is 0.503. The summed E-state index contributed by atoms with van der Waals surface area (Å²) in [5.74, 6) is 0. The molecular weight excluding hydrogens is 289 g/mol. The number of hydrogen-bond acceptors (Lipinski definition) is 2. The van der Waals surface area contributed by atoms with Gasteiger partial charge in [0, 0.05) is 5.02 Å². The second-order valence-corrected chi connectivity index (χ2v) is 5.13. The molecule has 19 heavy (non-hydrogen) atoms. The van der Waals surface area contributed by atoms with Gasteiger partial charge in [0.05, 0.1) is 23.4 Å². The van der Waals surface area contributed by atoms with Crippen molar-refractivity contribution in [3.8, 4) is 0 Å². The first-order valence-corrected chi connectivity index (χ1v) is 6.84. The van der Waals surface area contributed by atoms with E-state index in [1.807, 2.05) is 6.92 Å². The van der Waals surface area contributed by atoms with E-state index < -0.39 is 12.2 Å². The third-order valence-electron chi connectivity index (χ3n) is 2.72. The lowest BCUT2D eigenvalue weighted by atomic mass is 10.1. The molecule has 6 heteroatoms. The monoisotopic (exact) mass is 305 g/mol. The summed E-state index contributed by atoms with van der Waals surface area (Å²) in [6.45, 7) is 2.01. The van der Waals surface area contributed by atoms with E-state index in [-0.39, 0.29) is 11.6 Å².